The van der Waals surface area contributed by atoms with Gasteiger partial charge in [0.1, 0.15) is 12.2 Å². The van der Waals surface area contributed by atoms with Gasteiger partial charge in [-0.1, -0.05) is 12.1 Å². The summed E-state index contributed by atoms with van der Waals surface area (Å²) in [4.78, 5) is 21.4. The Morgan fingerprint density at radius 1 is 0.742 bits per heavy atom. The van der Waals surface area contributed by atoms with Gasteiger partial charge in [-0.25, -0.2) is 19.9 Å². The molecule has 0 fully saturated rings. The average Bonchev–Trinajstić information content (AvgIpc) is 2.79. The van der Waals surface area contributed by atoms with Crippen LogP contribution in [0.15, 0.2) is 61.1 Å². The number of hydrogen-bond acceptors (Lipinski definition) is 9. The first-order valence-electron chi connectivity index (χ1n) is 9.50. The van der Waals surface area contributed by atoms with Gasteiger partial charge in [0, 0.05) is 29.2 Å². The Bertz CT molecular complexity index is 1200. The van der Waals surface area contributed by atoms with Gasteiger partial charge < -0.3 is 20.1 Å². The lowest BCUT2D eigenvalue weighted by Crippen LogP contribution is -2.03. The Hall–Kier alpha value is -4.27. The average molecular weight is 415 g/mol. The molecule has 0 saturated heterocycles. The summed E-state index contributed by atoms with van der Waals surface area (Å²) in [5.41, 5.74) is 3.41. The molecular weight excluding hydrogens is 394 g/mol. The third kappa shape index (κ3) is 4.84. The number of methoxy groups -OCH3 is 2. The lowest BCUT2D eigenvalue weighted by molar-refractivity contribution is 0.355. The van der Waals surface area contributed by atoms with Crippen molar-refractivity contribution >= 4 is 23.3 Å². The predicted octanol–water partition coefficient (Wildman–Crippen LogP) is 4.14. The van der Waals surface area contributed by atoms with E-state index in [0.29, 0.717) is 23.4 Å². The lowest BCUT2D eigenvalue weighted by Gasteiger charge is -2.11. The van der Waals surface area contributed by atoms with Gasteiger partial charge in [0.2, 0.25) is 11.9 Å². The molecule has 31 heavy (non-hydrogen) atoms. The van der Waals surface area contributed by atoms with Crippen molar-refractivity contribution in [1.29, 1.82) is 0 Å². The van der Waals surface area contributed by atoms with Gasteiger partial charge in [0.15, 0.2) is 11.5 Å². The molecule has 0 radical (unpaired) electrons. The zero-order valence-corrected chi connectivity index (χ0v) is 17.3. The lowest BCUT2D eigenvalue weighted by atomic mass is 10.1. The second-order valence-electron chi connectivity index (χ2n) is 6.52. The van der Waals surface area contributed by atoms with Crippen molar-refractivity contribution < 1.29 is 9.47 Å². The number of nitrogens with one attached hydrogen (secondary N) is 2. The standard InChI is InChI=1S/C22H21N7O2/c1-14-23-10-9-18(26-14)15-5-4-6-16(11-15)27-21-24-13-25-22(29-21)28-17-7-8-19(30-2)20(12-17)31-3/h4-13H,1-3H3,(H2,24,25,27,28,29). The molecule has 0 aliphatic carbocycles. The highest BCUT2D eigenvalue weighted by molar-refractivity contribution is 5.67. The van der Waals surface area contributed by atoms with Crippen LogP contribution >= 0.6 is 0 Å². The van der Waals surface area contributed by atoms with Gasteiger partial charge in [-0.2, -0.15) is 4.98 Å². The molecule has 0 saturated carbocycles. The van der Waals surface area contributed by atoms with Gasteiger partial charge in [-0.15, -0.1) is 0 Å². The van der Waals surface area contributed by atoms with E-state index in [1.807, 2.05) is 55.5 Å². The fraction of sp³-hybridized carbons (Fsp3) is 0.136. The van der Waals surface area contributed by atoms with E-state index in [1.165, 1.54) is 6.33 Å². The van der Waals surface area contributed by atoms with E-state index < -0.39 is 0 Å². The van der Waals surface area contributed by atoms with Crippen LogP contribution in [0.25, 0.3) is 11.3 Å². The molecule has 9 heteroatoms. The Balaban J connectivity index is 1.52. The molecular formula is C22H21N7O2. The molecule has 0 aliphatic heterocycles. The quantitative estimate of drug-likeness (QED) is 0.460. The van der Waals surface area contributed by atoms with E-state index in [-0.39, 0.29) is 0 Å². The molecule has 4 rings (SSSR count). The molecule has 2 aromatic carbocycles. The maximum absolute atomic E-state index is 5.33. The molecule has 2 heterocycles. The van der Waals surface area contributed by atoms with Crippen LogP contribution in [0.2, 0.25) is 0 Å². The zero-order chi connectivity index (χ0) is 21.6. The largest absolute Gasteiger partial charge is 0.493 e. The number of benzene rings is 2. The Labute approximate surface area is 179 Å². The van der Waals surface area contributed by atoms with Crippen molar-refractivity contribution in [3.63, 3.8) is 0 Å². The van der Waals surface area contributed by atoms with Gasteiger partial charge in [0.25, 0.3) is 0 Å². The van der Waals surface area contributed by atoms with E-state index in [1.54, 1.807) is 20.4 Å². The van der Waals surface area contributed by atoms with Crippen molar-refractivity contribution in [3.05, 3.63) is 66.9 Å². The first kappa shape index (κ1) is 20.0. The molecule has 0 unspecified atom stereocenters. The van der Waals surface area contributed by atoms with E-state index >= 15 is 0 Å². The van der Waals surface area contributed by atoms with Crippen molar-refractivity contribution in [2.24, 2.45) is 0 Å². The minimum atomic E-state index is 0.396. The molecule has 0 amide bonds. The molecule has 0 bridgehead atoms. The van der Waals surface area contributed by atoms with Gasteiger partial charge >= 0.3 is 0 Å². The van der Waals surface area contributed by atoms with Crippen molar-refractivity contribution in [3.8, 4) is 22.8 Å². The smallest absolute Gasteiger partial charge is 0.232 e. The summed E-state index contributed by atoms with van der Waals surface area (Å²) in [5.74, 6) is 2.78. The summed E-state index contributed by atoms with van der Waals surface area (Å²) in [6.07, 6.45) is 3.19. The number of aryl methyl sites for hydroxylation is 1. The highest BCUT2D eigenvalue weighted by Crippen LogP contribution is 2.30. The fourth-order valence-corrected chi connectivity index (χ4v) is 2.96. The maximum atomic E-state index is 5.33. The third-order valence-electron chi connectivity index (χ3n) is 4.40. The van der Waals surface area contributed by atoms with Crippen LogP contribution in [0.3, 0.4) is 0 Å². The monoisotopic (exact) mass is 415 g/mol. The van der Waals surface area contributed by atoms with E-state index in [0.717, 1.165) is 28.5 Å². The van der Waals surface area contributed by atoms with Gasteiger partial charge in [-0.05, 0) is 37.3 Å². The third-order valence-corrected chi connectivity index (χ3v) is 4.40. The summed E-state index contributed by atoms with van der Waals surface area (Å²) >= 11 is 0. The zero-order valence-electron chi connectivity index (χ0n) is 17.3. The van der Waals surface area contributed by atoms with Crippen molar-refractivity contribution in [1.82, 2.24) is 24.9 Å². The first-order chi connectivity index (χ1) is 15.1. The van der Waals surface area contributed by atoms with Crippen LogP contribution in [-0.2, 0) is 0 Å². The first-order valence-corrected chi connectivity index (χ1v) is 9.50. The van der Waals surface area contributed by atoms with Crippen molar-refractivity contribution in [2.45, 2.75) is 6.92 Å². The van der Waals surface area contributed by atoms with Gasteiger partial charge in [0.05, 0.1) is 19.9 Å². The molecule has 0 atom stereocenters. The summed E-state index contributed by atoms with van der Waals surface area (Å²) in [5, 5.41) is 6.35. The van der Waals surface area contributed by atoms with Crippen LogP contribution in [0.1, 0.15) is 5.82 Å². The van der Waals surface area contributed by atoms with Crippen LogP contribution < -0.4 is 20.1 Å². The summed E-state index contributed by atoms with van der Waals surface area (Å²) in [6, 6.07) is 15.2. The minimum absolute atomic E-state index is 0.396. The maximum Gasteiger partial charge on any atom is 0.232 e. The summed E-state index contributed by atoms with van der Waals surface area (Å²) in [6.45, 7) is 1.86. The molecule has 9 nitrogen and oxygen atoms in total. The second kappa shape index (κ2) is 9.04. The van der Waals surface area contributed by atoms with E-state index in [9.17, 15) is 0 Å². The molecule has 2 N–H and O–H groups in total. The van der Waals surface area contributed by atoms with Gasteiger partial charge in [-0.3, -0.25) is 0 Å². The van der Waals surface area contributed by atoms with E-state index in [4.69, 9.17) is 9.47 Å². The summed E-state index contributed by atoms with van der Waals surface area (Å²) in [7, 11) is 3.18. The number of ether oxygens (including phenoxy) is 2. The minimum Gasteiger partial charge on any atom is -0.493 e. The Morgan fingerprint density at radius 3 is 2.19 bits per heavy atom. The SMILES string of the molecule is COc1ccc(Nc2ncnc(Nc3cccc(-c4ccnc(C)n4)c3)n2)cc1OC. The molecule has 156 valence electrons. The van der Waals surface area contributed by atoms with E-state index in [2.05, 4.69) is 35.6 Å². The Morgan fingerprint density at radius 2 is 1.48 bits per heavy atom. The second-order valence-corrected chi connectivity index (χ2v) is 6.52. The highest BCUT2D eigenvalue weighted by atomic mass is 16.5. The van der Waals surface area contributed by atoms with Crippen LogP contribution in [0.5, 0.6) is 11.5 Å². The molecule has 4 aromatic rings. The normalized spacial score (nSPS) is 10.4. The fourth-order valence-electron chi connectivity index (χ4n) is 2.96. The molecule has 0 spiro atoms. The number of rotatable bonds is 7. The van der Waals surface area contributed by atoms with Crippen LogP contribution in [-0.4, -0.2) is 39.1 Å². The number of nitrogens with zero attached hydrogens (tertiary/aromatic N) is 5. The van der Waals surface area contributed by atoms with Crippen LogP contribution in [0.4, 0.5) is 23.3 Å². The summed E-state index contributed by atoms with van der Waals surface area (Å²) < 4.78 is 10.6. The molecule has 0 aliphatic rings. The predicted molar refractivity (Wildman–Crippen MR) is 118 cm³/mol. The van der Waals surface area contributed by atoms with Crippen LogP contribution in [0, 0.1) is 6.92 Å². The number of anilines is 4. The Kier molecular flexibility index (Phi) is 5.84. The number of hydrogen-bond donors (Lipinski definition) is 2. The number of aromatic nitrogens is 5. The van der Waals surface area contributed by atoms with Crippen molar-refractivity contribution in [2.75, 3.05) is 24.9 Å². The highest BCUT2D eigenvalue weighted by Gasteiger charge is 2.08. The molecule has 2 aromatic heterocycles. The topological polar surface area (TPSA) is 107 Å².